The van der Waals surface area contributed by atoms with E-state index in [1.165, 1.54) is 7.05 Å². The first-order valence-corrected chi connectivity index (χ1v) is 9.00. The molecule has 9 heteroatoms. The Bertz CT molecular complexity index is 971. The number of aryl methyl sites for hydroxylation is 1. The van der Waals surface area contributed by atoms with Crippen LogP contribution in [0.1, 0.15) is 31.7 Å². The number of hydrogen-bond acceptors (Lipinski definition) is 6. The van der Waals surface area contributed by atoms with E-state index in [1.807, 2.05) is 17.9 Å². The Kier molecular flexibility index (Phi) is 4.53. The van der Waals surface area contributed by atoms with Crippen molar-refractivity contribution in [2.75, 3.05) is 7.05 Å². The normalized spacial score (nSPS) is 20.0. The van der Waals surface area contributed by atoms with Gasteiger partial charge in [-0.3, -0.25) is 9.36 Å². The lowest BCUT2D eigenvalue weighted by Crippen LogP contribution is -2.23. The standard InChI is InChI=1S/C18H22N6O3/c1-19-18(26)27-16-7-15-14(9-20-16)17(11-8-21-23(2)10-11)22-24(15)12-3-5-13(25)6-4-12/h7-10,12-13,25H,3-6H2,1-2H3,(H,19,26). The average Bonchev–Trinajstić information content (AvgIpc) is 3.25. The number of carbonyl (C=O) groups excluding carboxylic acids is 1. The molecule has 1 amide bonds. The fourth-order valence-electron chi connectivity index (χ4n) is 3.55. The van der Waals surface area contributed by atoms with Crippen molar-refractivity contribution >= 4 is 17.0 Å². The lowest BCUT2D eigenvalue weighted by Gasteiger charge is -2.26. The minimum Gasteiger partial charge on any atom is -0.393 e. The molecule has 3 heterocycles. The Hall–Kier alpha value is -2.94. The Labute approximate surface area is 156 Å². The van der Waals surface area contributed by atoms with Crippen molar-refractivity contribution in [3.05, 3.63) is 24.7 Å². The van der Waals surface area contributed by atoms with Gasteiger partial charge in [-0.2, -0.15) is 10.2 Å². The third-order valence-electron chi connectivity index (χ3n) is 4.96. The molecule has 3 aromatic rings. The molecule has 0 radical (unpaired) electrons. The van der Waals surface area contributed by atoms with E-state index in [4.69, 9.17) is 9.84 Å². The molecule has 142 valence electrons. The van der Waals surface area contributed by atoms with Crippen LogP contribution in [-0.2, 0) is 7.05 Å². The number of amides is 1. The number of fused-ring (bicyclic) bond motifs is 1. The predicted molar refractivity (Wildman–Crippen MR) is 98.3 cm³/mol. The SMILES string of the molecule is CNC(=O)Oc1cc2c(cn1)c(-c1cnn(C)c1)nn2C1CCC(O)CC1. The molecular formula is C18H22N6O3. The largest absolute Gasteiger partial charge is 0.413 e. The summed E-state index contributed by atoms with van der Waals surface area (Å²) in [6.45, 7) is 0. The first-order chi connectivity index (χ1) is 13.0. The summed E-state index contributed by atoms with van der Waals surface area (Å²) in [5, 5.41) is 22.2. The van der Waals surface area contributed by atoms with Crippen molar-refractivity contribution in [1.82, 2.24) is 29.9 Å². The summed E-state index contributed by atoms with van der Waals surface area (Å²) in [5.74, 6) is 0.219. The molecule has 0 saturated heterocycles. The molecule has 0 unspecified atom stereocenters. The van der Waals surface area contributed by atoms with E-state index >= 15 is 0 Å². The van der Waals surface area contributed by atoms with Gasteiger partial charge >= 0.3 is 6.09 Å². The molecule has 1 aliphatic rings. The van der Waals surface area contributed by atoms with Crippen LogP contribution in [0.4, 0.5) is 4.79 Å². The molecule has 0 aliphatic heterocycles. The fourth-order valence-corrected chi connectivity index (χ4v) is 3.55. The quantitative estimate of drug-likeness (QED) is 0.730. The summed E-state index contributed by atoms with van der Waals surface area (Å²) >= 11 is 0. The van der Waals surface area contributed by atoms with E-state index in [9.17, 15) is 9.90 Å². The third-order valence-corrected chi connectivity index (χ3v) is 4.96. The summed E-state index contributed by atoms with van der Waals surface area (Å²) in [4.78, 5) is 15.8. The van der Waals surface area contributed by atoms with Crippen LogP contribution in [0.2, 0.25) is 0 Å². The Balaban J connectivity index is 1.81. The number of nitrogens with one attached hydrogen (secondary N) is 1. The second-order valence-electron chi connectivity index (χ2n) is 6.84. The summed E-state index contributed by atoms with van der Waals surface area (Å²) < 4.78 is 8.90. The maximum absolute atomic E-state index is 11.5. The molecule has 1 fully saturated rings. The van der Waals surface area contributed by atoms with Gasteiger partial charge in [-0.15, -0.1) is 0 Å². The van der Waals surface area contributed by atoms with E-state index < -0.39 is 6.09 Å². The van der Waals surface area contributed by atoms with Gasteiger partial charge in [0, 0.05) is 43.5 Å². The zero-order valence-electron chi connectivity index (χ0n) is 15.3. The van der Waals surface area contributed by atoms with Crippen LogP contribution in [-0.4, -0.2) is 48.9 Å². The smallest absolute Gasteiger partial charge is 0.393 e. The maximum atomic E-state index is 11.5. The highest BCUT2D eigenvalue weighted by Gasteiger charge is 2.25. The minimum absolute atomic E-state index is 0.177. The number of hydrogen-bond donors (Lipinski definition) is 2. The summed E-state index contributed by atoms with van der Waals surface area (Å²) in [6, 6.07) is 1.92. The third kappa shape index (κ3) is 3.37. The van der Waals surface area contributed by atoms with Crippen molar-refractivity contribution in [1.29, 1.82) is 0 Å². The Morgan fingerprint density at radius 2 is 2.07 bits per heavy atom. The zero-order chi connectivity index (χ0) is 19.0. The number of aliphatic hydroxyl groups is 1. The lowest BCUT2D eigenvalue weighted by atomic mass is 9.93. The number of carbonyl (C=O) groups is 1. The lowest BCUT2D eigenvalue weighted by molar-refractivity contribution is 0.109. The topological polar surface area (TPSA) is 107 Å². The van der Waals surface area contributed by atoms with E-state index in [0.717, 1.165) is 47.8 Å². The van der Waals surface area contributed by atoms with Crippen LogP contribution in [0.25, 0.3) is 22.2 Å². The van der Waals surface area contributed by atoms with Crippen LogP contribution in [0.5, 0.6) is 5.88 Å². The molecule has 27 heavy (non-hydrogen) atoms. The van der Waals surface area contributed by atoms with Crippen molar-refractivity contribution in [3.8, 4) is 17.1 Å². The molecule has 0 aromatic carbocycles. The molecule has 0 spiro atoms. The first kappa shape index (κ1) is 17.5. The second kappa shape index (κ2) is 6.99. The highest BCUT2D eigenvalue weighted by atomic mass is 16.6. The number of aliphatic hydroxyl groups excluding tert-OH is 1. The van der Waals surface area contributed by atoms with Crippen molar-refractivity contribution in [2.24, 2.45) is 7.05 Å². The van der Waals surface area contributed by atoms with Gasteiger partial charge in [-0.25, -0.2) is 9.78 Å². The van der Waals surface area contributed by atoms with Gasteiger partial charge in [0.25, 0.3) is 0 Å². The molecule has 9 nitrogen and oxygen atoms in total. The van der Waals surface area contributed by atoms with Crippen molar-refractivity contribution in [3.63, 3.8) is 0 Å². The van der Waals surface area contributed by atoms with Crippen LogP contribution < -0.4 is 10.1 Å². The first-order valence-electron chi connectivity index (χ1n) is 9.00. The number of nitrogens with zero attached hydrogens (tertiary/aromatic N) is 5. The van der Waals surface area contributed by atoms with Gasteiger partial charge in [0.05, 0.1) is 23.9 Å². The van der Waals surface area contributed by atoms with Crippen LogP contribution in [0.3, 0.4) is 0 Å². The molecule has 1 aliphatic carbocycles. The number of ether oxygens (including phenoxy) is 1. The summed E-state index contributed by atoms with van der Waals surface area (Å²) in [6.07, 6.45) is 7.74. The number of rotatable bonds is 3. The van der Waals surface area contributed by atoms with E-state index in [2.05, 4.69) is 15.4 Å². The molecule has 2 N–H and O–H groups in total. The summed E-state index contributed by atoms with van der Waals surface area (Å²) in [5.41, 5.74) is 2.55. The van der Waals surface area contributed by atoms with Gasteiger partial charge in [0.2, 0.25) is 5.88 Å². The average molecular weight is 370 g/mol. The van der Waals surface area contributed by atoms with Gasteiger partial charge < -0.3 is 15.2 Å². The van der Waals surface area contributed by atoms with E-state index in [0.29, 0.717) is 0 Å². The molecule has 3 aromatic heterocycles. The van der Waals surface area contributed by atoms with Crippen LogP contribution in [0, 0.1) is 0 Å². The van der Waals surface area contributed by atoms with Gasteiger partial charge in [-0.1, -0.05) is 0 Å². The monoisotopic (exact) mass is 370 g/mol. The van der Waals surface area contributed by atoms with Crippen LogP contribution >= 0.6 is 0 Å². The van der Waals surface area contributed by atoms with Crippen molar-refractivity contribution < 1.29 is 14.6 Å². The number of aromatic nitrogens is 5. The van der Waals surface area contributed by atoms with Gasteiger partial charge in [-0.05, 0) is 25.7 Å². The predicted octanol–water partition coefficient (Wildman–Crippen LogP) is 2.03. The molecule has 0 bridgehead atoms. The maximum Gasteiger partial charge on any atom is 0.413 e. The van der Waals surface area contributed by atoms with Gasteiger partial charge in [0.15, 0.2) is 0 Å². The molecular weight excluding hydrogens is 348 g/mol. The fraction of sp³-hybridized carbons (Fsp3) is 0.444. The molecule has 4 rings (SSSR count). The summed E-state index contributed by atoms with van der Waals surface area (Å²) in [7, 11) is 3.36. The van der Waals surface area contributed by atoms with E-state index in [-0.39, 0.29) is 18.0 Å². The van der Waals surface area contributed by atoms with Gasteiger partial charge in [0.1, 0.15) is 5.69 Å². The second-order valence-corrected chi connectivity index (χ2v) is 6.84. The Morgan fingerprint density at radius 3 is 2.74 bits per heavy atom. The number of pyridine rings is 1. The Morgan fingerprint density at radius 1 is 1.30 bits per heavy atom. The highest BCUT2D eigenvalue weighted by molar-refractivity contribution is 5.93. The zero-order valence-corrected chi connectivity index (χ0v) is 15.3. The van der Waals surface area contributed by atoms with Crippen LogP contribution in [0.15, 0.2) is 24.7 Å². The molecule has 1 saturated carbocycles. The van der Waals surface area contributed by atoms with E-state index in [1.54, 1.807) is 23.1 Å². The molecule has 0 atom stereocenters. The van der Waals surface area contributed by atoms with Crippen molar-refractivity contribution in [2.45, 2.75) is 37.8 Å². The highest BCUT2D eigenvalue weighted by Crippen LogP contribution is 2.35. The minimum atomic E-state index is -0.568.